The molecule has 2 heterocycles. The molecule has 12 heteroatoms. The van der Waals surface area contributed by atoms with Crippen LogP contribution >= 0.6 is 15.9 Å². The first-order chi connectivity index (χ1) is 23.0. The summed E-state index contributed by atoms with van der Waals surface area (Å²) in [6, 6.07) is 9.33. The number of fused-ring (bicyclic) bond motifs is 3. The minimum Gasteiger partial charge on any atom is -0.496 e. The van der Waals surface area contributed by atoms with Crippen LogP contribution in [0.1, 0.15) is 57.9 Å². The molecule has 5 rings (SSSR count). The minimum atomic E-state index is -0.926. The quantitative estimate of drug-likeness (QED) is 0.135. The van der Waals surface area contributed by atoms with Crippen LogP contribution < -0.4 is 14.8 Å². The number of methoxy groups -OCH3 is 2. The molecule has 1 aromatic heterocycles. The average molecular weight is 722 g/mol. The molecule has 0 radical (unpaired) electrons. The van der Waals surface area contributed by atoms with E-state index in [9.17, 15) is 19.6 Å². The maximum atomic E-state index is 14.3. The number of nitriles is 1. The van der Waals surface area contributed by atoms with Crippen molar-refractivity contribution in [1.82, 2.24) is 15.2 Å². The maximum Gasteiger partial charge on any atom is 0.407 e. The van der Waals surface area contributed by atoms with Gasteiger partial charge in [-0.2, -0.15) is 5.26 Å². The van der Waals surface area contributed by atoms with E-state index in [4.69, 9.17) is 23.9 Å². The number of allylic oxidation sites excluding steroid dienone is 1. The van der Waals surface area contributed by atoms with Gasteiger partial charge in [0.25, 0.3) is 0 Å². The highest BCUT2D eigenvalue weighted by molar-refractivity contribution is 9.10. The van der Waals surface area contributed by atoms with Gasteiger partial charge in [-0.1, -0.05) is 38.8 Å². The molecule has 1 saturated heterocycles. The zero-order chi connectivity index (χ0) is 34.6. The lowest BCUT2D eigenvalue weighted by molar-refractivity contribution is -0.152. The number of benzene rings is 2. The van der Waals surface area contributed by atoms with Crippen molar-refractivity contribution in [2.45, 2.75) is 70.6 Å². The molecule has 48 heavy (non-hydrogen) atoms. The number of rotatable bonds is 11. The smallest absolute Gasteiger partial charge is 0.407 e. The van der Waals surface area contributed by atoms with Crippen molar-refractivity contribution in [1.29, 1.82) is 5.26 Å². The molecule has 3 atom stereocenters. The molecule has 254 valence electrons. The predicted octanol–water partition coefficient (Wildman–Crippen LogP) is 6.44. The summed E-state index contributed by atoms with van der Waals surface area (Å²) in [5.74, 6) is -0.154. The van der Waals surface area contributed by atoms with E-state index in [0.29, 0.717) is 33.1 Å². The van der Waals surface area contributed by atoms with Crippen LogP contribution in [0.2, 0.25) is 0 Å². The van der Waals surface area contributed by atoms with Crippen LogP contribution in [0, 0.1) is 22.7 Å². The van der Waals surface area contributed by atoms with Crippen LogP contribution in [0.25, 0.3) is 21.7 Å². The van der Waals surface area contributed by atoms with Crippen LogP contribution in [0.3, 0.4) is 0 Å². The molecule has 2 aliphatic rings. The van der Waals surface area contributed by atoms with Gasteiger partial charge >= 0.3 is 12.1 Å². The van der Waals surface area contributed by atoms with Gasteiger partial charge in [0, 0.05) is 28.0 Å². The molecule has 2 amide bonds. The maximum absolute atomic E-state index is 14.3. The summed E-state index contributed by atoms with van der Waals surface area (Å²) in [6.45, 7) is 7.94. The van der Waals surface area contributed by atoms with E-state index in [-0.39, 0.29) is 42.7 Å². The third-order valence-corrected chi connectivity index (χ3v) is 9.78. The highest BCUT2D eigenvalue weighted by Gasteiger charge is 2.46. The highest BCUT2D eigenvalue weighted by atomic mass is 79.9. The third-order valence-electron chi connectivity index (χ3n) is 9.16. The molecule has 1 aliphatic heterocycles. The van der Waals surface area contributed by atoms with Gasteiger partial charge in [0.05, 0.1) is 49.0 Å². The number of aromatic nitrogens is 1. The standard InChI is InChI=1S/C36H41BrN4O7/c1-6-13-36(2,3)20-47-35(44)40-31(22-9-7-8-10-22)33(42)41-19-23(15-29(41)34(43)46-5)48-32-26-16-27(37)30(45-4)17-25(26)24-12-11-21(18-38)14-28(24)39-32/h6,11-12,14,16-17,22-23,29,31H,1,7-10,13,15,19-20H2,2-5H3,(H,40,44)/t23-,29+,31+/m1/s1. The van der Waals surface area contributed by atoms with E-state index in [1.54, 1.807) is 25.3 Å². The zero-order valence-electron chi connectivity index (χ0n) is 27.7. The summed E-state index contributed by atoms with van der Waals surface area (Å²) in [4.78, 5) is 46.6. The van der Waals surface area contributed by atoms with Crippen LogP contribution in [0.15, 0.2) is 47.5 Å². The third kappa shape index (κ3) is 7.51. The molecule has 11 nitrogen and oxygen atoms in total. The fourth-order valence-corrected chi connectivity index (χ4v) is 7.17. The summed E-state index contributed by atoms with van der Waals surface area (Å²) in [7, 11) is 2.86. The number of amides is 2. The molecular weight excluding hydrogens is 680 g/mol. The number of hydrogen-bond acceptors (Lipinski definition) is 9. The Bertz CT molecular complexity index is 1760. The molecule has 2 aromatic carbocycles. The van der Waals surface area contributed by atoms with Gasteiger partial charge in [0.15, 0.2) is 0 Å². The van der Waals surface area contributed by atoms with Gasteiger partial charge in [0.1, 0.15) is 23.9 Å². The Morgan fingerprint density at radius 2 is 1.92 bits per heavy atom. The lowest BCUT2D eigenvalue weighted by Crippen LogP contribution is -2.54. The lowest BCUT2D eigenvalue weighted by Gasteiger charge is -2.31. The number of esters is 1. The number of halogens is 1. The van der Waals surface area contributed by atoms with Crippen molar-refractivity contribution < 1.29 is 33.3 Å². The Balaban J connectivity index is 1.44. The van der Waals surface area contributed by atoms with Gasteiger partial charge < -0.3 is 29.2 Å². The summed E-state index contributed by atoms with van der Waals surface area (Å²) < 4.78 is 23.4. The van der Waals surface area contributed by atoms with Crippen LogP contribution in [0.4, 0.5) is 4.79 Å². The zero-order valence-corrected chi connectivity index (χ0v) is 29.3. The van der Waals surface area contributed by atoms with Gasteiger partial charge in [-0.05, 0) is 65.4 Å². The average Bonchev–Trinajstić information content (AvgIpc) is 3.76. The summed E-state index contributed by atoms with van der Waals surface area (Å²) >= 11 is 3.56. The van der Waals surface area contributed by atoms with E-state index in [0.717, 1.165) is 36.5 Å². The van der Waals surface area contributed by atoms with Crippen LogP contribution in [0.5, 0.6) is 11.6 Å². The van der Waals surface area contributed by atoms with Crippen LogP contribution in [-0.2, 0) is 19.1 Å². The number of ether oxygens (including phenoxy) is 4. The molecule has 0 unspecified atom stereocenters. The summed E-state index contributed by atoms with van der Waals surface area (Å²) in [6.07, 6.45) is 4.72. The number of alkyl carbamates (subject to hydrolysis) is 1. The molecule has 1 saturated carbocycles. The number of carbonyl (C=O) groups is 3. The van der Waals surface area contributed by atoms with E-state index in [1.807, 2.05) is 32.0 Å². The second-order valence-corrected chi connectivity index (χ2v) is 14.1. The molecule has 1 aliphatic carbocycles. The molecular formula is C36H41BrN4O7. The van der Waals surface area contributed by atoms with E-state index in [1.165, 1.54) is 12.0 Å². The SMILES string of the molecule is C=CCC(C)(C)COC(=O)N[C@H](C(=O)N1C[C@H](Oc2nc3cc(C#N)ccc3c3cc(OC)c(Br)cc23)C[C@H]1C(=O)OC)C1CCCC1. The van der Waals surface area contributed by atoms with Crippen molar-refractivity contribution in [2.75, 3.05) is 27.4 Å². The fourth-order valence-electron chi connectivity index (χ4n) is 6.66. The van der Waals surface area contributed by atoms with Gasteiger partial charge in [0.2, 0.25) is 11.8 Å². The Hall–Kier alpha value is -4.37. The monoisotopic (exact) mass is 720 g/mol. The second kappa shape index (κ2) is 14.8. The first-order valence-corrected chi connectivity index (χ1v) is 16.9. The van der Waals surface area contributed by atoms with Crippen molar-refractivity contribution in [3.8, 4) is 17.7 Å². The normalized spacial score (nSPS) is 18.7. The number of hydrogen-bond donors (Lipinski definition) is 1. The minimum absolute atomic E-state index is 0.0711. The number of carbonyl (C=O) groups excluding carboxylic acids is 3. The van der Waals surface area contributed by atoms with E-state index < -0.39 is 30.3 Å². The van der Waals surface area contributed by atoms with Gasteiger partial charge in [-0.25, -0.2) is 14.6 Å². The Labute approximate surface area is 288 Å². The number of pyridine rings is 1. The van der Waals surface area contributed by atoms with Gasteiger partial charge in [-0.15, -0.1) is 6.58 Å². The van der Waals surface area contributed by atoms with Crippen molar-refractivity contribution in [2.24, 2.45) is 11.3 Å². The number of nitrogens with one attached hydrogen (secondary N) is 1. The first-order valence-electron chi connectivity index (χ1n) is 16.1. The Kier molecular flexibility index (Phi) is 10.8. The Morgan fingerprint density at radius 1 is 1.17 bits per heavy atom. The lowest BCUT2D eigenvalue weighted by atomic mass is 9.91. The molecule has 2 fully saturated rings. The van der Waals surface area contributed by atoms with Crippen molar-refractivity contribution in [3.63, 3.8) is 0 Å². The Morgan fingerprint density at radius 3 is 2.58 bits per heavy atom. The predicted molar refractivity (Wildman–Crippen MR) is 184 cm³/mol. The summed E-state index contributed by atoms with van der Waals surface area (Å²) in [5.41, 5.74) is 0.692. The number of likely N-dealkylation sites (tertiary alicyclic amines) is 1. The molecule has 0 bridgehead atoms. The fraction of sp³-hybridized carbons (Fsp3) is 0.472. The highest BCUT2D eigenvalue weighted by Crippen LogP contribution is 2.39. The largest absolute Gasteiger partial charge is 0.496 e. The summed E-state index contributed by atoms with van der Waals surface area (Å²) in [5, 5.41) is 14.7. The van der Waals surface area contributed by atoms with E-state index >= 15 is 0 Å². The second-order valence-electron chi connectivity index (χ2n) is 13.2. The van der Waals surface area contributed by atoms with Crippen molar-refractivity contribution >= 4 is 55.6 Å². The molecule has 0 spiro atoms. The first kappa shape index (κ1) is 35.0. The van der Waals surface area contributed by atoms with Crippen molar-refractivity contribution in [3.05, 3.63) is 53.0 Å². The van der Waals surface area contributed by atoms with Gasteiger partial charge in [-0.3, -0.25) is 4.79 Å². The van der Waals surface area contributed by atoms with Crippen LogP contribution in [-0.4, -0.2) is 73.4 Å². The molecule has 1 N–H and O–H groups in total. The topological polar surface area (TPSA) is 140 Å². The molecule has 3 aromatic rings. The van der Waals surface area contributed by atoms with E-state index in [2.05, 4.69) is 33.9 Å². The number of nitrogens with zero attached hydrogens (tertiary/aromatic N) is 3.